The second-order valence-electron chi connectivity index (χ2n) is 5.32. The molecule has 1 aromatic carbocycles. The Morgan fingerprint density at radius 3 is 2.41 bits per heavy atom. The molecule has 2 rings (SSSR count). The zero-order valence-corrected chi connectivity index (χ0v) is 12.8. The lowest BCUT2D eigenvalue weighted by molar-refractivity contribution is 0.306. The molecule has 118 valence electrons. The number of nitrogens with zero attached hydrogens (tertiary/aromatic N) is 1. The summed E-state index contributed by atoms with van der Waals surface area (Å²) in [5.41, 5.74) is 1.82. The highest BCUT2D eigenvalue weighted by Crippen LogP contribution is 2.15. The monoisotopic (exact) mass is 305 g/mol. The minimum atomic E-state index is -1.05. The van der Waals surface area contributed by atoms with E-state index in [0.29, 0.717) is 12.0 Å². The lowest BCUT2D eigenvalue weighted by Gasteiger charge is -2.07. The molecule has 0 saturated heterocycles. The average Bonchev–Trinajstić information content (AvgIpc) is 2.54. The molecule has 2 aromatic rings. The fourth-order valence-corrected chi connectivity index (χ4v) is 2.18. The summed E-state index contributed by atoms with van der Waals surface area (Å²) >= 11 is 0. The number of aryl methyl sites for hydroxylation is 2. The highest BCUT2D eigenvalue weighted by molar-refractivity contribution is 5.28. The topological polar surface area (TPSA) is 22.1 Å². The van der Waals surface area contributed by atoms with E-state index in [4.69, 9.17) is 4.74 Å². The second kappa shape index (κ2) is 8.47. The van der Waals surface area contributed by atoms with Gasteiger partial charge in [-0.2, -0.15) is 4.39 Å². The van der Waals surface area contributed by atoms with Gasteiger partial charge >= 0.3 is 0 Å². The van der Waals surface area contributed by atoms with Crippen molar-refractivity contribution in [2.24, 2.45) is 0 Å². The maximum Gasteiger partial charge on any atom is 0.248 e. The van der Waals surface area contributed by atoms with Gasteiger partial charge in [0, 0.05) is 6.20 Å². The van der Waals surface area contributed by atoms with Crippen LogP contribution in [0.5, 0.6) is 5.75 Å². The molecule has 0 amide bonds. The SMILES string of the molecule is CCCCCOc1ccc(CCc2cnc(F)c(F)c2)cc1. The maximum absolute atomic E-state index is 13.1. The largest absolute Gasteiger partial charge is 0.494 e. The summed E-state index contributed by atoms with van der Waals surface area (Å²) in [5, 5.41) is 0. The van der Waals surface area contributed by atoms with Crippen molar-refractivity contribution in [2.45, 2.75) is 39.0 Å². The molecule has 4 heteroatoms. The number of hydrogen-bond acceptors (Lipinski definition) is 2. The predicted octanol–water partition coefficient (Wildman–Crippen LogP) is 4.71. The Hall–Kier alpha value is -1.97. The van der Waals surface area contributed by atoms with Gasteiger partial charge in [0.2, 0.25) is 5.95 Å². The minimum Gasteiger partial charge on any atom is -0.494 e. The van der Waals surface area contributed by atoms with Crippen molar-refractivity contribution in [3.8, 4) is 5.75 Å². The van der Waals surface area contributed by atoms with Gasteiger partial charge in [0.25, 0.3) is 0 Å². The Labute approximate surface area is 130 Å². The van der Waals surface area contributed by atoms with Gasteiger partial charge in [-0.05, 0) is 48.6 Å². The molecule has 1 aromatic heterocycles. The highest BCUT2D eigenvalue weighted by Gasteiger charge is 2.04. The first kappa shape index (κ1) is 16.4. The Balaban J connectivity index is 1.82. The first-order chi connectivity index (χ1) is 10.7. The smallest absolute Gasteiger partial charge is 0.248 e. The maximum atomic E-state index is 13.1. The zero-order valence-electron chi connectivity index (χ0n) is 12.8. The van der Waals surface area contributed by atoms with Crippen molar-refractivity contribution >= 4 is 0 Å². The van der Waals surface area contributed by atoms with Gasteiger partial charge in [-0.3, -0.25) is 0 Å². The molecule has 22 heavy (non-hydrogen) atoms. The van der Waals surface area contributed by atoms with E-state index in [-0.39, 0.29) is 0 Å². The molecule has 0 unspecified atom stereocenters. The third-order valence-electron chi connectivity index (χ3n) is 3.50. The number of hydrogen-bond donors (Lipinski definition) is 0. The number of rotatable bonds is 8. The molecular formula is C18H21F2NO. The highest BCUT2D eigenvalue weighted by atomic mass is 19.2. The van der Waals surface area contributed by atoms with Crippen LogP contribution >= 0.6 is 0 Å². The Morgan fingerprint density at radius 1 is 1.00 bits per heavy atom. The van der Waals surface area contributed by atoms with E-state index in [2.05, 4.69) is 11.9 Å². The van der Waals surface area contributed by atoms with Gasteiger partial charge in [-0.15, -0.1) is 0 Å². The van der Waals surface area contributed by atoms with Gasteiger partial charge in [-0.1, -0.05) is 31.9 Å². The van der Waals surface area contributed by atoms with Gasteiger partial charge < -0.3 is 4.74 Å². The van der Waals surface area contributed by atoms with Gasteiger partial charge in [-0.25, -0.2) is 9.37 Å². The van der Waals surface area contributed by atoms with Crippen LogP contribution in [-0.4, -0.2) is 11.6 Å². The van der Waals surface area contributed by atoms with Gasteiger partial charge in [0.1, 0.15) is 5.75 Å². The summed E-state index contributed by atoms with van der Waals surface area (Å²) in [6.45, 7) is 2.91. The molecule has 0 aliphatic heterocycles. The molecule has 0 aliphatic carbocycles. The second-order valence-corrected chi connectivity index (χ2v) is 5.32. The van der Waals surface area contributed by atoms with Crippen LogP contribution in [0.2, 0.25) is 0 Å². The van der Waals surface area contributed by atoms with E-state index in [0.717, 1.165) is 30.8 Å². The molecule has 0 radical (unpaired) electrons. The molecule has 0 fully saturated rings. The first-order valence-electron chi connectivity index (χ1n) is 7.70. The molecule has 0 N–H and O–H groups in total. The van der Waals surface area contributed by atoms with E-state index < -0.39 is 11.8 Å². The Kier molecular flexibility index (Phi) is 6.31. The molecule has 0 saturated carbocycles. The van der Waals surface area contributed by atoms with Gasteiger partial charge in [0.15, 0.2) is 5.82 Å². The van der Waals surface area contributed by atoms with Crippen LogP contribution in [0, 0.1) is 11.8 Å². The van der Waals surface area contributed by atoms with Crippen molar-refractivity contribution in [3.05, 3.63) is 59.4 Å². The van der Waals surface area contributed by atoms with E-state index >= 15 is 0 Å². The summed E-state index contributed by atoms with van der Waals surface area (Å²) in [5.74, 6) is -1.07. The number of ether oxygens (including phenoxy) is 1. The standard InChI is InChI=1S/C18H21F2NO/c1-2-3-4-11-22-16-9-7-14(8-10-16)5-6-15-12-17(19)18(20)21-13-15/h7-10,12-13H,2-6,11H2,1H3. The van der Waals surface area contributed by atoms with Crippen molar-refractivity contribution in [3.63, 3.8) is 0 Å². The van der Waals surface area contributed by atoms with Crippen LogP contribution in [0.15, 0.2) is 36.5 Å². The number of aromatic nitrogens is 1. The molecule has 0 bridgehead atoms. The molecule has 0 aliphatic rings. The van der Waals surface area contributed by atoms with Crippen molar-refractivity contribution in [2.75, 3.05) is 6.61 Å². The number of unbranched alkanes of at least 4 members (excludes halogenated alkanes) is 2. The van der Waals surface area contributed by atoms with E-state index in [1.807, 2.05) is 24.3 Å². The average molecular weight is 305 g/mol. The first-order valence-corrected chi connectivity index (χ1v) is 7.70. The summed E-state index contributed by atoms with van der Waals surface area (Å²) < 4.78 is 31.5. The quantitative estimate of drug-likeness (QED) is 0.520. The predicted molar refractivity (Wildman–Crippen MR) is 83.0 cm³/mol. The van der Waals surface area contributed by atoms with Crippen LogP contribution < -0.4 is 4.74 Å². The summed E-state index contributed by atoms with van der Waals surface area (Å²) in [4.78, 5) is 3.39. The van der Waals surface area contributed by atoms with E-state index in [1.165, 1.54) is 25.1 Å². The van der Waals surface area contributed by atoms with Crippen LogP contribution in [0.1, 0.15) is 37.3 Å². The summed E-state index contributed by atoms with van der Waals surface area (Å²) in [6, 6.07) is 9.11. The van der Waals surface area contributed by atoms with Crippen LogP contribution in [0.3, 0.4) is 0 Å². The third kappa shape index (κ3) is 5.10. The Morgan fingerprint density at radius 2 is 1.73 bits per heavy atom. The normalized spacial score (nSPS) is 10.7. The van der Waals surface area contributed by atoms with Crippen LogP contribution in [-0.2, 0) is 12.8 Å². The lowest BCUT2D eigenvalue weighted by atomic mass is 10.1. The fraction of sp³-hybridized carbons (Fsp3) is 0.389. The van der Waals surface area contributed by atoms with E-state index in [9.17, 15) is 8.78 Å². The van der Waals surface area contributed by atoms with E-state index in [1.54, 1.807) is 0 Å². The molecule has 0 atom stereocenters. The summed E-state index contributed by atoms with van der Waals surface area (Å²) in [6.07, 6.45) is 6.19. The Bertz CT molecular complexity index is 584. The lowest BCUT2D eigenvalue weighted by Crippen LogP contribution is -1.98. The summed E-state index contributed by atoms with van der Waals surface area (Å²) in [7, 11) is 0. The van der Waals surface area contributed by atoms with Crippen molar-refractivity contribution in [1.82, 2.24) is 4.98 Å². The molecule has 1 heterocycles. The number of halogens is 2. The number of pyridine rings is 1. The third-order valence-corrected chi connectivity index (χ3v) is 3.50. The molecule has 0 spiro atoms. The van der Waals surface area contributed by atoms with Crippen LogP contribution in [0.25, 0.3) is 0 Å². The van der Waals surface area contributed by atoms with Crippen molar-refractivity contribution < 1.29 is 13.5 Å². The zero-order chi connectivity index (χ0) is 15.8. The van der Waals surface area contributed by atoms with Crippen LogP contribution in [0.4, 0.5) is 8.78 Å². The minimum absolute atomic E-state index is 0.626. The number of benzene rings is 1. The van der Waals surface area contributed by atoms with Gasteiger partial charge in [0.05, 0.1) is 6.61 Å². The molecular weight excluding hydrogens is 284 g/mol. The molecule has 2 nitrogen and oxygen atoms in total. The fourth-order valence-electron chi connectivity index (χ4n) is 2.18. The van der Waals surface area contributed by atoms with Crippen molar-refractivity contribution in [1.29, 1.82) is 0 Å².